The molecule has 1 fully saturated rings. The fraction of sp³-hybridized carbons (Fsp3) is 0.538. The Morgan fingerprint density at radius 3 is 2.75 bits per heavy atom. The van der Waals surface area contributed by atoms with Crippen molar-refractivity contribution in [3.05, 3.63) is 29.1 Å². The molecule has 1 aromatic carbocycles. The second-order valence-electron chi connectivity index (χ2n) is 4.64. The standard InChI is InChI=1S/C13H18FNO/c1-9-11(13(2)5-4-6-15-13)7-10(14)8-12(9)16-3/h7-8,15H,4-6H2,1-3H3. The van der Waals surface area contributed by atoms with Crippen LogP contribution in [-0.4, -0.2) is 13.7 Å². The SMILES string of the molecule is COc1cc(F)cc(C2(C)CCCN2)c1C. The Hall–Kier alpha value is -1.09. The van der Waals surface area contributed by atoms with Crippen LogP contribution >= 0.6 is 0 Å². The minimum atomic E-state index is -0.229. The van der Waals surface area contributed by atoms with E-state index in [1.54, 1.807) is 13.2 Å². The molecule has 2 rings (SSSR count). The lowest BCUT2D eigenvalue weighted by Gasteiger charge is -2.27. The third-order valence-corrected chi connectivity index (χ3v) is 3.51. The summed E-state index contributed by atoms with van der Waals surface area (Å²) >= 11 is 0. The van der Waals surface area contributed by atoms with Crippen LogP contribution in [0.2, 0.25) is 0 Å². The molecule has 0 aromatic heterocycles. The predicted octanol–water partition coefficient (Wildman–Crippen LogP) is 2.74. The molecule has 3 heteroatoms. The number of nitrogens with one attached hydrogen (secondary N) is 1. The van der Waals surface area contributed by atoms with Crippen LogP contribution in [0.25, 0.3) is 0 Å². The van der Waals surface area contributed by atoms with Gasteiger partial charge in [0.15, 0.2) is 0 Å². The van der Waals surface area contributed by atoms with Crippen molar-refractivity contribution in [3.63, 3.8) is 0 Å². The minimum Gasteiger partial charge on any atom is -0.496 e. The lowest BCUT2D eigenvalue weighted by Crippen LogP contribution is -2.34. The van der Waals surface area contributed by atoms with E-state index in [0.717, 1.165) is 30.5 Å². The summed E-state index contributed by atoms with van der Waals surface area (Å²) in [6.07, 6.45) is 2.18. The van der Waals surface area contributed by atoms with Crippen LogP contribution in [0.15, 0.2) is 12.1 Å². The van der Waals surface area contributed by atoms with E-state index in [0.29, 0.717) is 5.75 Å². The van der Waals surface area contributed by atoms with Crippen molar-refractivity contribution in [2.24, 2.45) is 0 Å². The van der Waals surface area contributed by atoms with Crippen molar-refractivity contribution in [2.45, 2.75) is 32.2 Å². The van der Waals surface area contributed by atoms with Gasteiger partial charge < -0.3 is 10.1 Å². The lowest BCUT2D eigenvalue weighted by molar-refractivity contribution is 0.394. The van der Waals surface area contributed by atoms with Crippen LogP contribution in [0.4, 0.5) is 4.39 Å². The van der Waals surface area contributed by atoms with E-state index in [1.165, 1.54) is 6.07 Å². The number of hydrogen-bond acceptors (Lipinski definition) is 2. The molecular weight excluding hydrogens is 205 g/mol. The van der Waals surface area contributed by atoms with E-state index >= 15 is 0 Å². The molecule has 1 unspecified atom stereocenters. The quantitative estimate of drug-likeness (QED) is 0.832. The van der Waals surface area contributed by atoms with E-state index in [4.69, 9.17) is 4.74 Å². The van der Waals surface area contributed by atoms with Crippen molar-refractivity contribution in [3.8, 4) is 5.75 Å². The van der Waals surface area contributed by atoms with Gasteiger partial charge >= 0.3 is 0 Å². The fourth-order valence-corrected chi connectivity index (χ4v) is 2.56. The van der Waals surface area contributed by atoms with Gasteiger partial charge in [0, 0.05) is 11.6 Å². The summed E-state index contributed by atoms with van der Waals surface area (Å²) in [6, 6.07) is 3.06. The highest BCUT2D eigenvalue weighted by Gasteiger charge is 2.32. The van der Waals surface area contributed by atoms with Crippen LogP contribution in [0.5, 0.6) is 5.75 Å². The molecule has 0 radical (unpaired) electrons. The molecule has 1 aliphatic heterocycles. The van der Waals surface area contributed by atoms with Gasteiger partial charge in [-0.25, -0.2) is 4.39 Å². The van der Waals surface area contributed by atoms with E-state index in [1.807, 2.05) is 6.92 Å². The van der Waals surface area contributed by atoms with Gasteiger partial charge in [-0.2, -0.15) is 0 Å². The number of rotatable bonds is 2. The second kappa shape index (κ2) is 4.06. The highest BCUT2D eigenvalue weighted by molar-refractivity contribution is 5.43. The molecule has 0 saturated carbocycles. The summed E-state index contributed by atoms with van der Waals surface area (Å²) in [5.41, 5.74) is 1.93. The molecule has 2 nitrogen and oxygen atoms in total. The average Bonchev–Trinajstić information content (AvgIpc) is 2.69. The molecule has 88 valence electrons. The van der Waals surface area contributed by atoms with Crippen LogP contribution in [0, 0.1) is 12.7 Å². The molecule has 0 spiro atoms. The first-order chi connectivity index (χ1) is 7.57. The molecule has 0 aliphatic carbocycles. The second-order valence-corrected chi connectivity index (χ2v) is 4.64. The Bertz CT molecular complexity index is 397. The molecule has 16 heavy (non-hydrogen) atoms. The Balaban J connectivity index is 2.51. The zero-order valence-electron chi connectivity index (χ0n) is 10.1. The first-order valence-electron chi connectivity index (χ1n) is 5.66. The van der Waals surface area contributed by atoms with Crippen molar-refractivity contribution >= 4 is 0 Å². The van der Waals surface area contributed by atoms with E-state index in [-0.39, 0.29) is 11.4 Å². The molecular formula is C13H18FNO. The Kier molecular flexibility index (Phi) is 2.89. The molecule has 1 aromatic rings. The predicted molar refractivity (Wildman–Crippen MR) is 62.3 cm³/mol. The van der Waals surface area contributed by atoms with Gasteiger partial charge in [-0.15, -0.1) is 0 Å². The number of methoxy groups -OCH3 is 1. The minimum absolute atomic E-state index is 0.112. The lowest BCUT2D eigenvalue weighted by atomic mass is 9.87. The zero-order valence-corrected chi connectivity index (χ0v) is 10.1. The Labute approximate surface area is 95.8 Å². The van der Waals surface area contributed by atoms with E-state index in [9.17, 15) is 4.39 Å². The van der Waals surface area contributed by atoms with Gasteiger partial charge in [0.05, 0.1) is 7.11 Å². The monoisotopic (exact) mass is 223 g/mol. The molecule has 1 heterocycles. The van der Waals surface area contributed by atoms with Gasteiger partial charge in [0.1, 0.15) is 11.6 Å². The summed E-state index contributed by atoms with van der Waals surface area (Å²) in [5.74, 6) is 0.400. The highest BCUT2D eigenvalue weighted by Crippen LogP contribution is 2.36. The summed E-state index contributed by atoms with van der Waals surface area (Å²) in [4.78, 5) is 0. The maximum absolute atomic E-state index is 13.5. The topological polar surface area (TPSA) is 21.3 Å². The smallest absolute Gasteiger partial charge is 0.127 e. The summed E-state index contributed by atoms with van der Waals surface area (Å²) in [6.45, 7) is 5.11. The summed E-state index contributed by atoms with van der Waals surface area (Å²) < 4.78 is 18.7. The fourth-order valence-electron chi connectivity index (χ4n) is 2.56. The van der Waals surface area contributed by atoms with Gasteiger partial charge in [0.2, 0.25) is 0 Å². The summed E-state index contributed by atoms with van der Waals surface area (Å²) in [5, 5.41) is 3.45. The average molecular weight is 223 g/mol. The maximum Gasteiger partial charge on any atom is 0.127 e. The summed E-state index contributed by atoms with van der Waals surface area (Å²) in [7, 11) is 1.58. The Morgan fingerprint density at radius 2 is 2.19 bits per heavy atom. The van der Waals surface area contributed by atoms with Crippen LogP contribution < -0.4 is 10.1 Å². The highest BCUT2D eigenvalue weighted by atomic mass is 19.1. The van der Waals surface area contributed by atoms with Crippen molar-refractivity contribution in [1.29, 1.82) is 0 Å². The molecule has 1 saturated heterocycles. The maximum atomic E-state index is 13.5. The van der Waals surface area contributed by atoms with Crippen LogP contribution in [-0.2, 0) is 5.54 Å². The third kappa shape index (κ3) is 1.80. The molecule has 0 bridgehead atoms. The molecule has 0 amide bonds. The van der Waals surface area contributed by atoms with Crippen molar-refractivity contribution in [1.82, 2.24) is 5.32 Å². The van der Waals surface area contributed by atoms with Crippen LogP contribution in [0.1, 0.15) is 30.9 Å². The first-order valence-corrected chi connectivity index (χ1v) is 5.66. The number of ether oxygens (including phenoxy) is 1. The zero-order chi connectivity index (χ0) is 11.8. The third-order valence-electron chi connectivity index (χ3n) is 3.51. The van der Waals surface area contributed by atoms with Gasteiger partial charge in [-0.05, 0) is 50.4 Å². The molecule has 1 aliphatic rings. The number of benzene rings is 1. The Morgan fingerprint density at radius 1 is 1.44 bits per heavy atom. The van der Waals surface area contributed by atoms with Crippen molar-refractivity contribution in [2.75, 3.05) is 13.7 Å². The van der Waals surface area contributed by atoms with Crippen molar-refractivity contribution < 1.29 is 9.13 Å². The van der Waals surface area contributed by atoms with Crippen LogP contribution in [0.3, 0.4) is 0 Å². The number of halogens is 1. The van der Waals surface area contributed by atoms with E-state index < -0.39 is 0 Å². The van der Waals surface area contributed by atoms with E-state index in [2.05, 4.69) is 12.2 Å². The first kappa shape index (κ1) is 11.4. The molecule has 1 N–H and O–H groups in total. The van der Waals surface area contributed by atoms with Gasteiger partial charge in [-0.3, -0.25) is 0 Å². The van der Waals surface area contributed by atoms with Gasteiger partial charge in [-0.1, -0.05) is 0 Å². The van der Waals surface area contributed by atoms with Gasteiger partial charge in [0.25, 0.3) is 0 Å². The normalized spacial score (nSPS) is 24.8. The largest absolute Gasteiger partial charge is 0.496 e. The molecule has 1 atom stereocenters. The number of hydrogen-bond donors (Lipinski definition) is 1.